The summed E-state index contributed by atoms with van der Waals surface area (Å²) < 4.78 is 5.94. The van der Waals surface area contributed by atoms with Crippen LogP contribution in [0.3, 0.4) is 0 Å². The predicted molar refractivity (Wildman–Crippen MR) is 121 cm³/mol. The average Bonchev–Trinajstić information content (AvgIpc) is 3.25. The molecule has 1 aromatic heterocycles. The Labute approximate surface area is 188 Å². The third-order valence-corrected chi connectivity index (χ3v) is 6.04. The molecule has 1 fully saturated rings. The molecule has 1 aromatic carbocycles. The lowest BCUT2D eigenvalue weighted by Crippen LogP contribution is -2.44. The highest BCUT2D eigenvalue weighted by Gasteiger charge is 2.40. The van der Waals surface area contributed by atoms with Crippen LogP contribution < -0.4 is 0 Å². The van der Waals surface area contributed by atoms with Crippen molar-refractivity contribution in [3.05, 3.63) is 56.7 Å². The summed E-state index contributed by atoms with van der Waals surface area (Å²) in [5.41, 5.74) is 1.06. The van der Waals surface area contributed by atoms with Crippen LogP contribution in [0.25, 0.3) is 17.4 Å². The highest BCUT2D eigenvalue weighted by molar-refractivity contribution is 8.26. The molecule has 1 aliphatic rings. The lowest BCUT2D eigenvalue weighted by molar-refractivity contribution is -0.385. The van der Waals surface area contributed by atoms with E-state index in [1.165, 1.54) is 12.1 Å². The molecule has 0 saturated carbocycles. The van der Waals surface area contributed by atoms with Crippen LogP contribution in [-0.2, 0) is 9.59 Å². The first-order valence-electron chi connectivity index (χ1n) is 9.43. The number of aliphatic carboxylic acids is 1. The van der Waals surface area contributed by atoms with Gasteiger partial charge >= 0.3 is 5.97 Å². The second-order valence-electron chi connectivity index (χ2n) is 7.50. The highest BCUT2D eigenvalue weighted by atomic mass is 32.2. The molecule has 0 bridgehead atoms. The van der Waals surface area contributed by atoms with Gasteiger partial charge in [0.25, 0.3) is 11.6 Å². The molecule has 1 atom stereocenters. The fourth-order valence-electron chi connectivity index (χ4n) is 3.19. The zero-order chi connectivity index (χ0) is 22.9. The number of amides is 1. The normalized spacial score (nSPS) is 16.4. The Balaban J connectivity index is 1.87. The van der Waals surface area contributed by atoms with E-state index in [0.29, 0.717) is 22.6 Å². The van der Waals surface area contributed by atoms with Crippen molar-refractivity contribution in [2.24, 2.45) is 5.92 Å². The Kier molecular flexibility index (Phi) is 6.61. The molecule has 8 nitrogen and oxygen atoms in total. The molecule has 1 amide bonds. The minimum Gasteiger partial charge on any atom is -0.480 e. The van der Waals surface area contributed by atoms with Crippen LogP contribution in [0, 0.1) is 23.0 Å². The van der Waals surface area contributed by atoms with E-state index in [4.69, 9.17) is 16.6 Å². The summed E-state index contributed by atoms with van der Waals surface area (Å²) in [6, 6.07) is 7.05. The Bertz CT molecular complexity index is 1110. The van der Waals surface area contributed by atoms with Gasteiger partial charge in [-0.1, -0.05) is 50.0 Å². The Morgan fingerprint density at radius 1 is 1.35 bits per heavy atom. The summed E-state index contributed by atoms with van der Waals surface area (Å²) in [6.45, 7) is 5.41. The first-order chi connectivity index (χ1) is 14.6. The monoisotopic (exact) mass is 460 g/mol. The number of hydrogen-bond donors (Lipinski definition) is 1. The van der Waals surface area contributed by atoms with Crippen molar-refractivity contribution in [2.45, 2.75) is 33.2 Å². The van der Waals surface area contributed by atoms with Gasteiger partial charge in [-0.15, -0.1) is 0 Å². The first-order valence-corrected chi connectivity index (χ1v) is 10.7. The molecule has 0 radical (unpaired) electrons. The van der Waals surface area contributed by atoms with E-state index >= 15 is 0 Å². The molecule has 2 heterocycles. The second kappa shape index (κ2) is 9.03. The van der Waals surface area contributed by atoms with Crippen molar-refractivity contribution in [1.29, 1.82) is 0 Å². The number of carboxylic acids is 1. The van der Waals surface area contributed by atoms with E-state index in [2.05, 4.69) is 0 Å². The standard InChI is InChI=1S/C21H20N2O6S2/c1-11(2)8-16(20(25)26)22-19(24)18(31-21(22)30)10-14-6-7-17(29-14)13-5-4-12(3)15(9-13)23(27)28/h4-7,9-11,16H,8H2,1-3H3,(H,25,26)/b18-10-. The van der Waals surface area contributed by atoms with Crippen molar-refractivity contribution in [3.63, 3.8) is 0 Å². The van der Waals surface area contributed by atoms with Crippen molar-refractivity contribution >= 4 is 51.9 Å². The first kappa shape index (κ1) is 22.7. The topological polar surface area (TPSA) is 114 Å². The number of carboxylic acid groups (broad SMARTS) is 1. The van der Waals surface area contributed by atoms with Crippen LogP contribution in [0.5, 0.6) is 0 Å². The van der Waals surface area contributed by atoms with Crippen LogP contribution in [0.15, 0.2) is 39.7 Å². The van der Waals surface area contributed by atoms with Crippen molar-refractivity contribution in [1.82, 2.24) is 4.90 Å². The quantitative estimate of drug-likeness (QED) is 0.270. The summed E-state index contributed by atoms with van der Waals surface area (Å²) in [4.78, 5) is 36.7. The van der Waals surface area contributed by atoms with Crippen LogP contribution in [0.1, 0.15) is 31.6 Å². The molecule has 1 aliphatic heterocycles. The minimum atomic E-state index is -1.10. The van der Waals surface area contributed by atoms with Crippen LogP contribution in [0.4, 0.5) is 5.69 Å². The number of hydrogen-bond acceptors (Lipinski definition) is 7. The van der Waals surface area contributed by atoms with Crippen LogP contribution in [-0.4, -0.2) is 37.2 Å². The number of furan rings is 1. The lowest BCUT2D eigenvalue weighted by atomic mass is 10.0. The van der Waals surface area contributed by atoms with Gasteiger partial charge in [0.15, 0.2) is 0 Å². The molecule has 1 saturated heterocycles. The Morgan fingerprint density at radius 3 is 2.68 bits per heavy atom. The summed E-state index contributed by atoms with van der Waals surface area (Å²) in [5.74, 6) is -0.747. The van der Waals surface area contributed by atoms with Crippen molar-refractivity contribution < 1.29 is 24.0 Å². The number of benzene rings is 1. The van der Waals surface area contributed by atoms with E-state index in [-0.39, 0.29) is 27.3 Å². The number of thioether (sulfide) groups is 1. The maximum Gasteiger partial charge on any atom is 0.326 e. The van der Waals surface area contributed by atoms with E-state index in [1.807, 2.05) is 13.8 Å². The average molecular weight is 461 g/mol. The summed E-state index contributed by atoms with van der Waals surface area (Å²) in [5, 5.41) is 20.7. The van der Waals surface area contributed by atoms with Gasteiger partial charge in [0.05, 0.1) is 9.83 Å². The van der Waals surface area contributed by atoms with Crippen LogP contribution >= 0.6 is 24.0 Å². The van der Waals surface area contributed by atoms with Gasteiger partial charge in [0, 0.05) is 23.3 Å². The number of aryl methyl sites for hydroxylation is 1. The number of nitro benzene ring substituents is 1. The van der Waals surface area contributed by atoms with Gasteiger partial charge < -0.3 is 9.52 Å². The van der Waals surface area contributed by atoms with Gasteiger partial charge in [-0.3, -0.25) is 19.8 Å². The zero-order valence-corrected chi connectivity index (χ0v) is 18.7. The van der Waals surface area contributed by atoms with Gasteiger partial charge in [-0.2, -0.15) is 0 Å². The van der Waals surface area contributed by atoms with E-state index < -0.39 is 22.8 Å². The maximum absolute atomic E-state index is 12.9. The van der Waals surface area contributed by atoms with Gasteiger partial charge in [0.1, 0.15) is 21.9 Å². The Hall–Kier alpha value is -2.98. The number of rotatable bonds is 7. The maximum atomic E-state index is 12.9. The molecule has 162 valence electrons. The molecule has 0 aliphatic carbocycles. The third kappa shape index (κ3) is 4.86. The number of carbonyl (C=O) groups excluding carboxylic acids is 1. The number of thiocarbonyl (C=S) groups is 1. The summed E-state index contributed by atoms with van der Waals surface area (Å²) in [6.07, 6.45) is 1.78. The largest absolute Gasteiger partial charge is 0.480 e. The zero-order valence-electron chi connectivity index (χ0n) is 17.0. The molecule has 31 heavy (non-hydrogen) atoms. The molecule has 0 spiro atoms. The predicted octanol–water partition coefficient (Wildman–Crippen LogP) is 4.86. The molecular formula is C21H20N2O6S2. The summed E-state index contributed by atoms with van der Waals surface area (Å²) in [7, 11) is 0. The fraction of sp³-hybridized carbons (Fsp3) is 0.286. The van der Waals surface area contributed by atoms with E-state index in [0.717, 1.165) is 16.7 Å². The van der Waals surface area contributed by atoms with E-state index in [9.17, 15) is 24.8 Å². The van der Waals surface area contributed by atoms with Gasteiger partial charge in [0.2, 0.25) is 0 Å². The molecule has 2 aromatic rings. The van der Waals surface area contributed by atoms with Gasteiger partial charge in [-0.05, 0) is 31.4 Å². The number of carbonyl (C=O) groups is 2. The highest BCUT2D eigenvalue weighted by Crippen LogP contribution is 2.36. The Morgan fingerprint density at radius 2 is 2.06 bits per heavy atom. The third-order valence-electron chi connectivity index (χ3n) is 4.71. The SMILES string of the molecule is Cc1ccc(-c2ccc(/C=C3\SC(=S)N(C(CC(C)C)C(=O)O)C3=O)o2)cc1[N+](=O)[O-]. The van der Waals surface area contributed by atoms with E-state index in [1.54, 1.807) is 31.2 Å². The van der Waals surface area contributed by atoms with Crippen molar-refractivity contribution in [3.8, 4) is 11.3 Å². The second-order valence-corrected chi connectivity index (χ2v) is 9.17. The lowest BCUT2D eigenvalue weighted by Gasteiger charge is -2.24. The summed E-state index contributed by atoms with van der Waals surface area (Å²) >= 11 is 6.28. The molecular weight excluding hydrogens is 440 g/mol. The number of nitro groups is 1. The minimum absolute atomic E-state index is 0.0128. The van der Waals surface area contributed by atoms with Crippen LogP contribution in [0.2, 0.25) is 0 Å². The fourth-order valence-corrected chi connectivity index (χ4v) is 4.52. The molecule has 1 unspecified atom stereocenters. The van der Waals surface area contributed by atoms with Crippen molar-refractivity contribution in [2.75, 3.05) is 0 Å². The molecule has 3 rings (SSSR count). The van der Waals surface area contributed by atoms with Gasteiger partial charge in [-0.25, -0.2) is 4.79 Å². The molecule has 10 heteroatoms. The smallest absolute Gasteiger partial charge is 0.326 e. The molecule has 1 N–H and O–H groups in total. The number of nitrogens with zero attached hydrogens (tertiary/aromatic N) is 2.